The first-order valence-corrected chi connectivity index (χ1v) is 14.6. The SMILES string of the molecule is Cc1ccc(S[C@]2(C(=O)NC3CC3)CC(=O)N(C3CCCCC3)[C@@H]2c2ccc(CO)cc2I)cc1. The maximum Gasteiger partial charge on any atom is 0.239 e. The number of aryl methyl sites for hydroxylation is 1. The Morgan fingerprint density at radius 1 is 1.11 bits per heavy atom. The van der Waals surface area contributed by atoms with Crippen LogP contribution in [0.5, 0.6) is 0 Å². The van der Waals surface area contributed by atoms with Gasteiger partial charge in [-0.15, -0.1) is 11.8 Å². The minimum atomic E-state index is -0.951. The highest BCUT2D eigenvalue weighted by molar-refractivity contribution is 14.1. The molecule has 0 spiro atoms. The number of halogens is 1. The second kappa shape index (κ2) is 10.4. The third-order valence-corrected chi connectivity index (χ3v) is 9.91. The van der Waals surface area contributed by atoms with E-state index in [0.29, 0.717) is 0 Å². The van der Waals surface area contributed by atoms with Gasteiger partial charge in [-0.1, -0.05) is 49.1 Å². The Morgan fingerprint density at radius 2 is 1.83 bits per heavy atom. The zero-order valence-corrected chi connectivity index (χ0v) is 23.1. The van der Waals surface area contributed by atoms with E-state index in [1.54, 1.807) is 11.8 Å². The van der Waals surface area contributed by atoms with Gasteiger partial charge in [-0.2, -0.15) is 0 Å². The molecule has 0 unspecified atom stereocenters. The van der Waals surface area contributed by atoms with Crippen LogP contribution >= 0.6 is 34.4 Å². The Kier molecular flexibility index (Phi) is 7.47. The molecule has 5 nitrogen and oxygen atoms in total. The molecule has 1 saturated heterocycles. The summed E-state index contributed by atoms with van der Waals surface area (Å²) in [6, 6.07) is 14.2. The molecular weight excluding hydrogens is 571 g/mol. The minimum absolute atomic E-state index is 0.0238. The third kappa shape index (κ3) is 5.14. The van der Waals surface area contributed by atoms with E-state index >= 15 is 0 Å². The summed E-state index contributed by atoms with van der Waals surface area (Å²) in [4.78, 5) is 31.1. The molecular formula is C28H33IN2O3S. The predicted octanol–water partition coefficient (Wildman–Crippen LogP) is 5.51. The van der Waals surface area contributed by atoms with Crippen molar-refractivity contribution in [3.63, 3.8) is 0 Å². The second-order valence-electron chi connectivity index (χ2n) is 10.2. The number of rotatable bonds is 7. The van der Waals surface area contributed by atoms with Crippen molar-refractivity contribution in [3.8, 4) is 0 Å². The summed E-state index contributed by atoms with van der Waals surface area (Å²) in [6.45, 7) is 2.03. The summed E-state index contributed by atoms with van der Waals surface area (Å²) in [5, 5.41) is 13.0. The number of thioether (sulfide) groups is 1. The van der Waals surface area contributed by atoms with Crippen LogP contribution in [0, 0.1) is 10.5 Å². The normalized spacial score (nSPS) is 25.2. The van der Waals surface area contributed by atoms with Gasteiger partial charge in [0, 0.05) is 20.5 Å². The minimum Gasteiger partial charge on any atom is -0.392 e. The quantitative estimate of drug-likeness (QED) is 0.410. The molecule has 2 aromatic carbocycles. The van der Waals surface area contributed by atoms with Crippen molar-refractivity contribution in [1.82, 2.24) is 10.2 Å². The zero-order chi connectivity index (χ0) is 24.6. The lowest BCUT2D eigenvalue weighted by Crippen LogP contribution is -2.50. The largest absolute Gasteiger partial charge is 0.392 e. The smallest absolute Gasteiger partial charge is 0.239 e. The fraction of sp³-hybridized carbons (Fsp3) is 0.500. The Labute approximate surface area is 225 Å². The lowest BCUT2D eigenvalue weighted by atomic mass is 9.88. The molecule has 0 bridgehead atoms. The number of aliphatic hydroxyl groups excluding tert-OH is 1. The average Bonchev–Trinajstić information content (AvgIpc) is 3.63. The van der Waals surface area contributed by atoms with Crippen molar-refractivity contribution in [2.24, 2.45) is 0 Å². The number of amides is 2. The van der Waals surface area contributed by atoms with Gasteiger partial charge in [0.15, 0.2) is 0 Å². The number of hydrogen-bond donors (Lipinski definition) is 2. The van der Waals surface area contributed by atoms with Gasteiger partial charge in [0.25, 0.3) is 0 Å². The molecule has 1 heterocycles. The van der Waals surface area contributed by atoms with Crippen LogP contribution in [0.15, 0.2) is 47.4 Å². The summed E-state index contributed by atoms with van der Waals surface area (Å²) in [5.41, 5.74) is 3.01. The van der Waals surface area contributed by atoms with Gasteiger partial charge in [-0.3, -0.25) is 9.59 Å². The number of benzene rings is 2. The molecule has 2 aromatic rings. The molecule has 2 N–H and O–H groups in total. The number of nitrogens with zero attached hydrogens (tertiary/aromatic N) is 1. The van der Waals surface area contributed by atoms with E-state index in [4.69, 9.17) is 0 Å². The zero-order valence-electron chi connectivity index (χ0n) is 20.1. The Bertz CT molecular complexity index is 1100. The van der Waals surface area contributed by atoms with Crippen LogP contribution < -0.4 is 5.32 Å². The van der Waals surface area contributed by atoms with Gasteiger partial charge in [0.1, 0.15) is 4.75 Å². The molecule has 2 aliphatic carbocycles. The first-order valence-electron chi connectivity index (χ1n) is 12.7. The molecule has 186 valence electrons. The molecule has 3 aliphatic rings. The highest BCUT2D eigenvalue weighted by atomic mass is 127. The number of hydrogen-bond acceptors (Lipinski definition) is 4. The standard InChI is InChI=1S/C28H33IN2O3S/c1-18-7-12-22(13-8-18)35-28(27(34)30-20-10-11-20)16-25(33)31(21-5-3-2-4-6-21)26(28)23-14-9-19(17-32)15-24(23)29/h7-9,12-15,20-21,26,32H,2-6,10-11,16-17H2,1H3,(H,30,34)/t26-,28-/m1/s1. The van der Waals surface area contributed by atoms with Crippen LogP contribution in [-0.2, 0) is 16.2 Å². The monoisotopic (exact) mass is 604 g/mol. The highest BCUT2D eigenvalue weighted by Gasteiger charge is 2.60. The number of nitrogens with one attached hydrogen (secondary N) is 1. The van der Waals surface area contributed by atoms with Crippen LogP contribution in [0.25, 0.3) is 0 Å². The Balaban J connectivity index is 1.64. The summed E-state index contributed by atoms with van der Waals surface area (Å²) in [5.74, 6) is 0.0544. The van der Waals surface area contributed by atoms with Crippen molar-refractivity contribution >= 4 is 46.2 Å². The van der Waals surface area contributed by atoms with E-state index in [1.807, 2.05) is 18.2 Å². The molecule has 2 atom stereocenters. The maximum atomic E-state index is 14.1. The number of carbonyl (C=O) groups excluding carboxylic acids is 2. The number of aliphatic hydroxyl groups is 1. The molecule has 5 rings (SSSR count). The fourth-order valence-corrected chi connectivity index (χ4v) is 7.81. The topological polar surface area (TPSA) is 69.6 Å². The lowest BCUT2D eigenvalue weighted by molar-refractivity contribution is -0.132. The molecule has 2 saturated carbocycles. The van der Waals surface area contributed by atoms with E-state index in [0.717, 1.165) is 58.1 Å². The Hall–Kier alpha value is -1.58. The van der Waals surface area contributed by atoms with E-state index < -0.39 is 4.75 Å². The van der Waals surface area contributed by atoms with Crippen LogP contribution in [-0.4, -0.2) is 38.7 Å². The van der Waals surface area contributed by atoms with E-state index in [-0.39, 0.29) is 43.0 Å². The van der Waals surface area contributed by atoms with Crippen molar-refractivity contribution in [1.29, 1.82) is 0 Å². The van der Waals surface area contributed by atoms with Crippen molar-refractivity contribution in [3.05, 3.63) is 62.7 Å². The van der Waals surface area contributed by atoms with Crippen molar-refractivity contribution in [2.75, 3.05) is 0 Å². The summed E-state index contributed by atoms with van der Waals surface area (Å²) >= 11 is 3.86. The highest BCUT2D eigenvalue weighted by Crippen LogP contribution is 2.55. The maximum absolute atomic E-state index is 14.1. The predicted molar refractivity (Wildman–Crippen MR) is 147 cm³/mol. The van der Waals surface area contributed by atoms with Crippen LogP contribution in [0.2, 0.25) is 0 Å². The molecule has 2 amide bonds. The molecule has 1 aliphatic heterocycles. The molecule has 0 aromatic heterocycles. The number of likely N-dealkylation sites (tertiary alicyclic amines) is 1. The fourth-order valence-electron chi connectivity index (χ4n) is 5.54. The van der Waals surface area contributed by atoms with Crippen LogP contribution in [0.3, 0.4) is 0 Å². The van der Waals surface area contributed by atoms with Gasteiger partial charge in [0.2, 0.25) is 11.8 Å². The summed E-state index contributed by atoms with van der Waals surface area (Å²) < 4.78 is 0.0373. The average molecular weight is 605 g/mol. The van der Waals surface area contributed by atoms with Gasteiger partial charge in [-0.05, 0) is 84.5 Å². The summed E-state index contributed by atoms with van der Waals surface area (Å²) in [7, 11) is 0. The summed E-state index contributed by atoms with van der Waals surface area (Å²) in [6.07, 6.45) is 7.63. The van der Waals surface area contributed by atoms with Gasteiger partial charge >= 0.3 is 0 Å². The lowest BCUT2D eigenvalue weighted by Gasteiger charge is -2.41. The third-order valence-electron chi connectivity index (χ3n) is 7.55. The molecule has 0 radical (unpaired) electrons. The molecule has 7 heteroatoms. The van der Waals surface area contributed by atoms with Crippen molar-refractivity contribution < 1.29 is 14.7 Å². The van der Waals surface area contributed by atoms with Crippen molar-refractivity contribution in [2.45, 2.75) is 92.7 Å². The van der Waals surface area contributed by atoms with Gasteiger partial charge in [0.05, 0.1) is 19.1 Å². The van der Waals surface area contributed by atoms with Crippen LogP contribution in [0.1, 0.15) is 74.1 Å². The van der Waals surface area contributed by atoms with E-state index in [2.05, 4.69) is 64.0 Å². The van der Waals surface area contributed by atoms with Gasteiger partial charge in [-0.25, -0.2) is 0 Å². The first-order chi connectivity index (χ1) is 16.9. The molecule has 3 fully saturated rings. The second-order valence-corrected chi connectivity index (χ2v) is 12.8. The molecule has 35 heavy (non-hydrogen) atoms. The van der Waals surface area contributed by atoms with Crippen LogP contribution in [0.4, 0.5) is 0 Å². The van der Waals surface area contributed by atoms with E-state index in [9.17, 15) is 14.7 Å². The number of carbonyl (C=O) groups is 2. The van der Waals surface area contributed by atoms with Gasteiger partial charge < -0.3 is 15.3 Å². The van der Waals surface area contributed by atoms with E-state index in [1.165, 1.54) is 12.0 Å². The first kappa shape index (κ1) is 25.1. The Morgan fingerprint density at radius 3 is 2.46 bits per heavy atom.